The van der Waals surface area contributed by atoms with Crippen molar-refractivity contribution in [3.8, 4) is 5.75 Å². The van der Waals surface area contributed by atoms with E-state index in [1.807, 2.05) is 43.0 Å². The number of piperazine rings is 1. The van der Waals surface area contributed by atoms with Gasteiger partial charge in [0.25, 0.3) is 5.91 Å². The zero-order valence-electron chi connectivity index (χ0n) is 13.4. The lowest BCUT2D eigenvalue weighted by Crippen LogP contribution is -2.48. The second-order valence-electron chi connectivity index (χ2n) is 5.34. The third-order valence-corrected chi connectivity index (χ3v) is 4.66. The molecule has 0 N–H and O–H groups in total. The number of aromatic nitrogens is 2. The van der Waals surface area contributed by atoms with E-state index in [1.54, 1.807) is 11.3 Å². The van der Waals surface area contributed by atoms with Gasteiger partial charge in [-0.25, -0.2) is 0 Å². The highest BCUT2D eigenvalue weighted by Crippen LogP contribution is 2.21. The van der Waals surface area contributed by atoms with Crippen LogP contribution in [0, 0.1) is 6.92 Å². The second-order valence-corrected chi connectivity index (χ2v) is 6.50. The number of amides is 1. The number of benzene rings is 1. The molecule has 1 saturated heterocycles. The first-order chi connectivity index (χ1) is 11.2. The van der Waals surface area contributed by atoms with Gasteiger partial charge in [-0.1, -0.05) is 11.3 Å². The standard InChI is InChI=1S/C16H20N4O2S/c1-3-22-14-6-4-13(5-7-14)15(21)19-8-10-20(11-9-19)16-18-17-12(2)23-16/h4-7H,3,8-11H2,1-2H3. The summed E-state index contributed by atoms with van der Waals surface area (Å²) in [5.74, 6) is 0.863. The van der Waals surface area contributed by atoms with Gasteiger partial charge in [0.05, 0.1) is 6.61 Å². The van der Waals surface area contributed by atoms with Crippen LogP contribution in [0.1, 0.15) is 22.3 Å². The molecule has 1 aliphatic rings. The first-order valence-corrected chi connectivity index (χ1v) is 8.56. The van der Waals surface area contributed by atoms with E-state index < -0.39 is 0 Å². The SMILES string of the molecule is CCOc1ccc(C(=O)N2CCN(c3nnc(C)s3)CC2)cc1. The smallest absolute Gasteiger partial charge is 0.253 e. The molecule has 1 amide bonds. The molecular formula is C16H20N4O2S. The van der Waals surface area contributed by atoms with Crippen molar-refractivity contribution >= 4 is 22.4 Å². The van der Waals surface area contributed by atoms with Crippen molar-refractivity contribution in [3.63, 3.8) is 0 Å². The molecule has 0 saturated carbocycles. The molecule has 7 heteroatoms. The lowest BCUT2D eigenvalue weighted by atomic mass is 10.1. The first kappa shape index (κ1) is 15.7. The third-order valence-electron chi connectivity index (χ3n) is 3.77. The average molecular weight is 332 g/mol. The fourth-order valence-corrected chi connectivity index (χ4v) is 3.30. The Morgan fingerprint density at radius 1 is 1.17 bits per heavy atom. The van der Waals surface area contributed by atoms with Crippen molar-refractivity contribution in [2.75, 3.05) is 37.7 Å². The Hall–Kier alpha value is -2.15. The minimum atomic E-state index is 0.0705. The zero-order valence-corrected chi connectivity index (χ0v) is 14.2. The number of nitrogens with zero attached hydrogens (tertiary/aromatic N) is 4. The normalized spacial score (nSPS) is 14.9. The lowest BCUT2D eigenvalue weighted by molar-refractivity contribution is 0.0746. The van der Waals surface area contributed by atoms with E-state index in [0.717, 1.165) is 29.0 Å². The molecule has 3 rings (SSSR count). The molecule has 23 heavy (non-hydrogen) atoms. The first-order valence-electron chi connectivity index (χ1n) is 7.74. The maximum atomic E-state index is 12.6. The number of carbonyl (C=O) groups is 1. The number of hydrogen-bond donors (Lipinski definition) is 0. The Labute approximate surface area is 139 Å². The molecule has 1 aromatic heterocycles. The van der Waals surface area contributed by atoms with Gasteiger partial charge in [0, 0.05) is 31.7 Å². The fourth-order valence-electron chi connectivity index (χ4n) is 2.56. The van der Waals surface area contributed by atoms with Crippen molar-refractivity contribution < 1.29 is 9.53 Å². The summed E-state index contributed by atoms with van der Waals surface area (Å²) in [5.41, 5.74) is 0.702. The van der Waals surface area contributed by atoms with Gasteiger partial charge in [0.15, 0.2) is 0 Å². The molecule has 0 bridgehead atoms. The summed E-state index contributed by atoms with van der Waals surface area (Å²) in [5, 5.41) is 10.1. The van der Waals surface area contributed by atoms with Crippen LogP contribution in [0.15, 0.2) is 24.3 Å². The van der Waals surface area contributed by atoms with E-state index in [-0.39, 0.29) is 5.91 Å². The fraction of sp³-hybridized carbons (Fsp3) is 0.438. The summed E-state index contributed by atoms with van der Waals surface area (Å²) in [4.78, 5) is 16.6. The predicted molar refractivity (Wildman–Crippen MR) is 90.4 cm³/mol. The van der Waals surface area contributed by atoms with Gasteiger partial charge in [0.1, 0.15) is 10.8 Å². The summed E-state index contributed by atoms with van der Waals surface area (Å²) in [6, 6.07) is 7.34. The Morgan fingerprint density at radius 2 is 1.87 bits per heavy atom. The topological polar surface area (TPSA) is 58.6 Å². The molecule has 1 aromatic carbocycles. The molecule has 0 radical (unpaired) electrons. The van der Waals surface area contributed by atoms with E-state index in [1.165, 1.54) is 0 Å². The van der Waals surface area contributed by atoms with Crippen LogP contribution in [0.4, 0.5) is 5.13 Å². The zero-order chi connectivity index (χ0) is 16.2. The molecule has 0 spiro atoms. The third kappa shape index (κ3) is 3.61. The molecule has 2 aromatic rings. The quantitative estimate of drug-likeness (QED) is 0.859. The van der Waals surface area contributed by atoms with Crippen LogP contribution >= 0.6 is 11.3 Å². The molecule has 0 unspecified atom stereocenters. The minimum Gasteiger partial charge on any atom is -0.494 e. The van der Waals surface area contributed by atoms with Crippen LogP contribution < -0.4 is 9.64 Å². The Kier molecular flexibility index (Phi) is 4.76. The lowest BCUT2D eigenvalue weighted by Gasteiger charge is -2.34. The maximum Gasteiger partial charge on any atom is 0.253 e. The maximum absolute atomic E-state index is 12.6. The van der Waals surface area contributed by atoms with Crippen LogP contribution in [0.5, 0.6) is 5.75 Å². The number of rotatable bonds is 4. The molecule has 2 heterocycles. The van der Waals surface area contributed by atoms with Crippen LogP contribution in [-0.4, -0.2) is 53.8 Å². The summed E-state index contributed by atoms with van der Waals surface area (Å²) in [6.45, 7) is 7.50. The van der Waals surface area contributed by atoms with Crippen molar-refractivity contribution in [2.45, 2.75) is 13.8 Å². The van der Waals surface area contributed by atoms with Gasteiger partial charge >= 0.3 is 0 Å². The van der Waals surface area contributed by atoms with Crippen LogP contribution in [-0.2, 0) is 0 Å². The highest BCUT2D eigenvalue weighted by Gasteiger charge is 2.23. The largest absolute Gasteiger partial charge is 0.494 e. The van der Waals surface area contributed by atoms with Crippen LogP contribution in [0.2, 0.25) is 0 Å². The summed E-state index contributed by atoms with van der Waals surface area (Å²) < 4.78 is 5.41. The van der Waals surface area contributed by atoms with Crippen LogP contribution in [0.3, 0.4) is 0 Å². The highest BCUT2D eigenvalue weighted by atomic mass is 32.1. The van der Waals surface area contributed by atoms with Crippen molar-refractivity contribution in [1.29, 1.82) is 0 Å². The molecule has 1 aliphatic heterocycles. The monoisotopic (exact) mass is 332 g/mol. The van der Waals surface area contributed by atoms with Crippen molar-refractivity contribution in [2.24, 2.45) is 0 Å². The van der Waals surface area contributed by atoms with Gasteiger partial charge < -0.3 is 14.5 Å². The average Bonchev–Trinajstić information content (AvgIpc) is 3.02. The summed E-state index contributed by atoms with van der Waals surface area (Å²) >= 11 is 1.59. The molecule has 6 nitrogen and oxygen atoms in total. The molecular weight excluding hydrogens is 312 g/mol. The molecule has 1 fully saturated rings. The van der Waals surface area contributed by atoms with Crippen LogP contribution in [0.25, 0.3) is 0 Å². The number of ether oxygens (including phenoxy) is 1. The van der Waals surface area contributed by atoms with E-state index in [4.69, 9.17) is 4.74 Å². The van der Waals surface area contributed by atoms with E-state index >= 15 is 0 Å². The number of aryl methyl sites for hydroxylation is 1. The predicted octanol–water partition coefficient (Wildman–Crippen LogP) is 2.21. The van der Waals surface area contributed by atoms with Gasteiger partial charge in [-0.05, 0) is 38.1 Å². The Morgan fingerprint density at radius 3 is 2.43 bits per heavy atom. The number of anilines is 1. The number of hydrogen-bond acceptors (Lipinski definition) is 6. The Balaban J connectivity index is 1.59. The van der Waals surface area contributed by atoms with E-state index in [2.05, 4.69) is 15.1 Å². The number of carbonyl (C=O) groups excluding carboxylic acids is 1. The minimum absolute atomic E-state index is 0.0705. The van der Waals surface area contributed by atoms with Gasteiger partial charge in [-0.3, -0.25) is 4.79 Å². The van der Waals surface area contributed by atoms with Gasteiger partial charge in [-0.15, -0.1) is 10.2 Å². The van der Waals surface area contributed by atoms with E-state index in [9.17, 15) is 4.79 Å². The summed E-state index contributed by atoms with van der Waals surface area (Å²) in [7, 11) is 0. The molecule has 0 aliphatic carbocycles. The van der Waals surface area contributed by atoms with Crippen molar-refractivity contribution in [3.05, 3.63) is 34.8 Å². The summed E-state index contributed by atoms with van der Waals surface area (Å²) in [6.07, 6.45) is 0. The second kappa shape index (κ2) is 6.95. The van der Waals surface area contributed by atoms with Crippen molar-refractivity contribution in [1.82, 2.24) is 15.1 Å². The molecule has 0 atom stereocenters. The molecule has 122 valence electrons. The van der Waals surface area contributed by atoms with E-state index in [0.29, 0.717) is 25.3 Å². The van der Waals surface area contributed by atoms with Gasteiger partial charge in [0.2, 0.25) is 5.13 Å². The Bertz CT molecular complexity index is 663. The van der Waals surface area contributed by atoms with Gasteiger partial charge in [-0.2, -0.15) is 0 Å². The highest BCUT2D eigenvalue weighted by molar-refractivity contribution is 7.15.